The minimum Gasteiger partial charge on any atom is -0.467 e. The van der Waals surface area contributed by atoms with Gasteiger partial charge in [-0.3, -0.25) is 14.7 Å². The van der Waals surface area contributed by atoms with Gasteiger partial charge in [0.2, 0.25) is 5.91 Å². The molecule has 2 aromatic heterocycles. The zero-order valence-electron chi connectivity index (χ0n) is 14.4. The summed E-state index contributed by atoms with van der Waals surface area (Å²) in [5, 5.41) is 2.97. The molecule has 1 amide bonds. The minimum atomic E-state index is -0.0876. The number of aryl methyl sites for hydroxylation is 1. The molecule has 6 heteroatoms. The summed E-state index contributed by atoms with van der Waals surface area (Å²) in [5.41, 5.74) is 2.10. The third-order valence-corrected chi connectivity index (χ3v) is 4.92. The molecule has 6 nitrogen and oxygen atoms in total. The second kappa shape index (κ2) is 6.98. The van der Waals surface area contributed by atoms with Crippen LogP contribution in [0.1, 0.15) is 23.6 Å². The van der Waals surface area contributed by atoms with Gasteiger partial charge in [0.25, 0.3) is 0 Å². The molecule has 0 saturated carbocycles. The Balaban J connectivity index is 1.34. The molecule has 3 unspecified atom stereocenters. The summed E-state index contributed by atoms with van der Waals surface area (Å²) in [5.74, 6) is 0.734. The van der Waals surface area contributed by atoms with Gasteiger partial charge >= 0.3 is 0 Å². The van der Waals surface area contributed by atoms with Crippen molar-refractivity contribution in [3.8, 4) is 0 Å². The molecule has 2 aliphatic heterocycles. The number of fused-ring (bicyclic) bond motifs is 2. The minimum absolute atomic E-state index is 0.0415. The number of nitrogens with zero attached hydrogens (tertiary/aromatic N) is 2. The fourth-order valence-corrected chi connectivity index (χ4v) is 3.78. The number of pyridine rings is 1. The number of aromatic nitrogens is 1. The predicted octanol–water partition coefficient (Wildman–Crippen LogP) is 1.89. The van der Waals surface area contributed by atoms with Crippen molar-refractivity contribution in [1.82, 2.24) is 15.2 Å². The van der Waals surface area contributed by atoms with Gasteiger partial charge in [0, 0.05) is 25.3 Å². The van der Waals surface area contributed by atoms with Crippen molar-refractivity contribution in [1.29, 1.82) is 0 Å². The van der Waals surface area contributed by atoms with Crippen LogP contribution in [0.15, 0.2) is 41.0 Å². The van der Waals surface area contributed by atoms with Crippen LogP contribution in [0.5, 0.6) is 0 Å². The molecular weight excluding hydrogens is 318 g/mol. The van der Waals surface area contributed by atoms with Crippen molar-refractivity contribution in [3.63, 3.8) is 0 Å². The van der Waals surface area contributed by atoms with Crippen LogP contribution in [0.3, 0.4) is 0 Å². The lowest BCUT2D eigenvalue weighted by Gasteiger charge is -2.32. The SMILES string of the molecule is Cc1cccc(CN2CC3CC(C(=O)NCc4ccco4)C(C2)O3)n1. The Morgan fingerprint density at radius 3 is 3.04 bits per heavy atom. The van der Waals surface area contributed by atoms with E-state index in [0.717, 1.165) is 43.2 Å². The summed E-state index contributed by atoms with van der Waals surface area (Å²) < 4.78 is 11.3. The Morgan fingerprint density at radius 1 is 1.32 bits per heavy atom. The fourth-order valence-electron chi connectivity index (χ4n) is 3.78. The molecule has 0 spiro atoms. The van der Waals surface area contributed by atoms with E-state index < -0.39 is 0 Å². The van der Waals surface area contributed by atoms with E-state index in [9.17, 15) is 4.79 Å². The summed E-state index contributed by atoms with van der Waals surface area (Å²) >= 11 is 0. The van der Waals surface area contributed by atoms with E-state index in [4.69, 9.17) is 9.15 Å². The smallest absolute Gasteiger partial charge is 0.226 e. The quantitative estimate of drug-likeness (QED) is 0.899. The third kappa shape index (κ3) is 3.75. The largest absolute Gasteiger partial charge is 0.467 e. The van der Waals surface area contributed by atoms with Crippen LogP contribution in [0, 0.1) is 12.8 Å². The lowest BCUT2D eigenvalue weighted by atomic mass is 9.99. The number of furan rings is 1. The topological polar surface area (TPSA) is 67.6 Å². The van der Waals surface area contributed by atoms with Crippen molar-refractivity contribution in [2.24, 2.45) is 5.92 Å². The summed E-state index contributed by atoms with van der Waals surface area (Å²) in [6, 6.07) is 9.78. The standard InChI is InChI=1S/C19H23N3O3/c1-13-4-2-5-14(21-13)10-22-11-16-8-17(18(12-22)25-16)19(23)20-9-15-6-3-7-24-15/h2-7,16-18H,8-12H2,1H3,(H,20,23). The van der Waals surface area contributed by atoms with Gasteiger partial charge < -0.3 is 14.5 Å². The van der Waals surface area contributed by atoms with Gasteiger partial charge in [0.15, 0.2) is 0 Å². The molecule has 0 aromatic carbocycles. The molecule has 4 rings (SSSR count). The summed E-state index contributed by atoms with van der Waals surface area (Å²) in [7, 11) is 0. The molecule has 0 aliphatic carbocycles. The number of ether oxygens (including phenoxy) is 1. The first-order valence-electron chi connectivity index (χ1n) is 8.78. The Bertz CT molecular complexity index is 731. The first-order chi connectivity index (χ1) is 12.2. The molecule has 2 fully saturated rings. The van der Waals surface area contributed by atoms with Crippen LogP contribution in [-0.2, 0) is 22.6 Å². The zero-order chi connectivity index (χ0) is 17.2. The van der Waals surface area contributed by atoms with Crippen LogP contribution in [-0.4, -0.2) is 41.1 Å². The molecule has 2 aliphatic rings. The maximum Gasteiger partial charge on any atom is 0.226 e. The zero-order valence-corrected chi connectivity index (χ0v) is 14.4. The van der Waals surface area contributed by atoms with Crippen LogP contribution < -0.4 is 5.32 Å². The average Bonchev–Trinajstić information content (AvgIpc) is 3.20. The molecule has 25 heavy (non-hydrogen) atoms. The molecule has 4 heterocycles. The molecule has 2 saturated heterocycles. The average molecular weight is 341 g/mol. The predicted molar refractivity (Wildman–Crippen MR) is 91.6 cm³/mol. The second-order valence-corrected chi connectivity index (χ2v) is 6.90. The molecule has 1 N–H and O–H groups in total. The maximum atomic E-state index is 12.5. The van der Waals surface area contributed by atoms with Crippen molar-refractivity contribution < 1.29 is 13.9 Å². The number of hydrogen-bond donors (Lipinski definition) is 1. The Kier molecular flexibility index (Phi) is 4.55. The summed E-state index contributed by atoms with van der Waals surface area (Å²) in [6.07, 6.45) is 2.49. The van der Waals surface area contributed by atoms with Gasteiger partial charge in [0.05, 0.1) is 36.6 Å². The van der Waals surface area contributed by atoms with Gasteiger partial charge in [-0.15, -0.1) is 0 Å². The highest BCUT2D eigenvalue weighted by molar-refractivity contribution is 5.79. The van der Waals surface area contributed by atoms with E-state index >= 15 is 0 Å². The van der Waals surface area contributed by atoms with E-state index in [1.807, 2.05) is 31.2 Å². The maximum absolute atomic E-state index is 12.5. The number of nitrogens with one attached hydrogen (secondary N) is 1. The Labute approximate surface area is 147 Å². The second-order valence-electron chi connectivity index (χ2n) is 6.90. The number of hydrogen-bond acceptors (Lipinski definition) is 5. The first-order valence-corrected chi connectivity index (χ1v) is 8.78. The van der Waals surface area contributed by atoms with Crippen LogP contribution in [0.4, 0.5) is 0 Å². The van der Waals surface area contributed by atoms with Gasteiger partial charge in [-0.25, -0.2) is 0 Å². The van der Waals surface area contributed by atoms with E-state index in [1.165, 1.54) is 0 Å². The molecule has 3 atom stereocenters. The fraction of sp³-hybridized carbons (Fsp3) is 0.474. The van der Waals surface area contributed by atoms with Crippen LogP contribution in [0.2, 0.25) is 0 Å². The van der Waals surface area contributed by atoms with Crippen LogP contribution in [0.25, 0.3) is 0 Å². The molecule has 132 valence electrons. The number of amides is 1. The van der Waals surface area contributed by atoms with Gasteiger partial charge in [0.1, 0.15) is 5.76 Å². The number of carbonyl (C=O) groups is 1. The molecule has 0 radical (unpaired) electrons. The lowest BCUT2D eigenvalue weighted by molar-refractivity contribution is -0.128. The number of carbonyl (C=O) groups excluding carboxylic acids is 1. The van der Waals surface area contributed by atoms with E-state index in [0.29, 0.717) is 6.54 Å². The van der Waals surface area contributed by atoms with Crippen molar-refractivity contribution in [3.05, 3.63) is 53.7 Å². The van der Waals surface area contributed by atoms with E-state index in [1.54, 1.807) is 6.26 Å². The number of rotatable bonds is 5. The highest BCUT2D eigenvalue weighted by Crippen LogP contribution is 2.32. The van der Waals surface area contributed by atoms with Crippen molar-refractivity contribution in [2.75, 3.05) is 13.1 Å². The van der Waals surface area contributed by atoms with Gasteiger partial charge in [-0.2, -0.15) is 0 Å². The summed E-state index contributed by atoms with van der Waals surface area (Å²) in [4.78, 5) is 19.5. The molecule has 2 aromatic rings. The lowest BCUT2D eigenvalue weighted by Crippen LogP contribution is -2.45. The van der Waals surface area contributed by atoms with Gasteiger partial charge in [-0.1, -0.05) is 6.07 Å². The molecular formula is C19H23N3O3. The van der Waals surface area contributed by atoms with Crippen LogP contribution >= 0.6 is 0 Å². The van der Waals surface area contributed by atoms with Crippen molar-refractivity contribution in [2.45, 2.75) is 38.6 Å². The Morgan fingerprint density at radius 2 is 2.24 bits per heavy atom. The highest BCUT2D eigenvalue weighted by atomic mass is 16.5. The molecule has 2 bridgehead atoms. The number of likely N-dealkylation sites (tertiary alicyclic amines) is 1. The number of morpholine rings is 1. The van der Waals surface area contributed by atoms with Crippen molar-refractivity contribution >= 4 is 5.91 Å². The summed E-state index contributed by atoms with van der Waals surface area (Å²) in [6.45, 7) is 4.86. The Hall–Kier alpha value is -2.18. The van der Waals surface area contributed by atoms with E-state index in [-0.39, 0.29) is 24.0 Å². The monoisotopic (exact) mass is 341 g/mol. The highest BCUT2D eigenvalue weighted by Gasteiger charge is 2.44. The van der Waals surface area contributed by atoms with E-state index in [2.05, 4.69) is 21.3 Å². The normalized spacial score (nSPS) is 25.9. The third-order valence-electron chi connectivity index (χ3n) is 4.92. The first kappa shape index (κ1) is 16.3. The van der Waals surface area contributed by atoms with Gasteiger partial charge in [-0.05, 0) is 37.6 Å².